The second-order valence-electron chi connectivity index (χ2n) is 3.75. The van der Waals surface area contributed by atoms with Gasteiger partial charge in [-0.3, -0.25) is 4.79 Å². The third kappa shape index (κ3) is 2.11. The minimum absolute atomic E-state index is 0.00523. The molecule has 1 unspecified atom stereocenters. The van der Waals surface area contributed by atoms with E-state index >= 15 is 0 Å². The lowest BCUT2D eigenvalue weighted by Gasteiger charge is -2.38. The van der Waals surface area contributed by atoms with E-state index < -0.39 is 27.1 Å². The molecule has 0 radical (unpaired) electrons. The van der Waals surface area contributed by atoms with Gasteiger partial charge in [-0.15, -0.1) is 0 Å². The fraction of sp³-hybridized carbons (Fsp3) is 0.750. The van der Waals surface area contributed by atoms with E-state index in [1.54, 1.807) is 0 Å². The predicted molar refractivity (Wildman–Crippen MR) is 52.1 cm³/mol. The summed E-state index contributed by atoms with van der Waals surface area (Å²) in [5.41, 5.74) is -1.58. The average Bonchev–Trinajstić information content (AvgIpc) is 2.14. The van der Waals surface area contributed by atoms with Gasteiger partial charge in [0, 0.05) is 7.05 Å². The maximum absolute atomic E-state index is 11.4. The van der Waals surface area contributed by atoms with Crippen LogP contribution in [0.25, 0.3) is 0 Å². The van der Waals surface area contributed by atoms with Crippen LogP contribution < -0.4 is 0 Å². The van der Waals surface area contributed by atoms with Crippen molar-refractivity contribution < 1.29 is 23.1 Å². The van der Waals surface area contributed by atoms with Crippen molar-refractivity contribution in [3.05, 3.63) is 0 Å². The fourth-order valence-corrected chi connectivity index (χ4v) is 3.72. The number of hydrogen-bond acceptors (Lipinski definition) is 4. The molecule has 1 aliphatic heterocycles. The Kier molecular flexibility index (Phi) is 3.03. The highest BCUT2D eigenvalue weighted by Gasteiger charge is 2.48. The Balaban J connectivity index is 3.12. The van der Waals surface area contributed by atoms with Crippen molar-refractivity contribution in [2.24, 2.45) is 0 Å². The number of carboxylic acid groups (broad SMARTS) is 1. The summed E-state index contributed by atoms with van der Waals surface area (Å²) in [5.74, 6) is -1.76. The zero-order chi connectivity index (χ0) is 11.7. The molecule has 15 heavy (non-hydrogen) atoms. The number of nitrogens with zero attached hydrogens (tertiary/aromatic N) is 1. The summed E-state index contributed by atoms with van der Waals surface area (Å²) in [7, 11) is -2.08. The van der Waals surface area contributed by atoms with Gasteiger partial charge in [-0.25, -0.2) is 13.2 Å². The van der Waals surface area contributed by atoms with Crippen LogP contribution in [0.3, 0.4) is 0 Å². The Morgan fingerprint density at radius 2 is 2.13 bits per heavy atom. The van der Waals surface area contributed by atoms with E-state index in [0.29, 0.717) is 6.41 Å². The van der Waals surface area contributed by atoms with Crippen LogP contribution in [0, 0.1) is 0 Å². The molecule has 0 aliphatic carbocycles. The van der Waals surface area contributed by atoms with Crippen LogP contribution in [0.1, 0.15) is 12.8 Å². The van der Waals surface area contributed by atoms with Crippen LogP contribution in [0.4, 0.5) is 0 Å². The first kappa shape index (κ1) is 12.0. The van der Waals surface area contributed by atoms with Crippen molar-refractivity contribution in [1.82, 2.24) is 4.90 Å². The molecule has 7 heteroatoms. The first-order valence-corrected chi connectivity index (χ1v) is 6.28. The SMILES string of the molecule is CN(C=O)C1(C(=O)O)CCCS(=O)(=O)C1. The smallest absolute Gasteiger partial charge is 0.330 e. The van der Waals surface area contributed by atoms with Gasteiger partial charge in [0.05, 0.1) is 11.5 Å². The number of carbonyl (C=O) groups is 2. The van der Waals surface area contributed by atoms with Gasteiger partial charge in [-0.2, -0.15) is 0 Å². The molecule has 1 N–H and O–H groups in total. The van der Waals surface area contributed by atoms with E-state index in [2.05, 4.69) is 0 Å². The van der Waals surface area contributed by atoms with E-state index in [9.17, 15) is 18.0 Å². The minimum atomic E-state index is -3.37. The predicted octanol–water partition coefficient (Wildman–Crippen LogP) is -0.893. The van der Waals surface area contributed by atoms with Gasteiger partial charge in [-0.1, -0.05) is 0 Å². The van der Waals surface area contributed by atoms with Gasteiger partial charge in [0.15, 0.2) is 15.4 Å². The summed E-state index contributed by atoms with van der Waals surface area (Å²) >= 11 is 0. The van der Waals surface area contributed by atoms with Crippen molar-refractivity contribution in [3.8, 4) is 0 Å². The van der Waals surface area contributed by atoms with E-state index in [0.717, 1.165) is 4.90 Å². The average molecular weight is 235 g/mol. The molecule has 1 aliphatic rings. The van der Waals surface area contributed by atoms with Crippen LogP contribution >= 0.6 is 0 Å². The number of hydrogen-bond donors (Lipinski definition) is 1. The molecule has 0 saturated carbocycles. The Hall–Kier alpha value is -1.11. The number of carboxylic acids is 1. The number of sulfone groups is 1. The van der Waals surface area contributed by atoms with Crippen molar-refractivity contribution in [3.63, 3.8) is 0 Å². The normalized spacial score (nSPS) is 29.4. The first-order valence-electron chi connectivity index (χ1n) is 4.46. The largest absolute Gasteiger partial charge is 0.479 e. The Bertz CT molecular complexity index is 376. The van der Waals surface area contributed by atoms with Gasteiger partial charge < -0.3 is 10.0 Å². The van der Waals surface area contributed by atoms with Crippen LogP contribution in [-0.2, 0) is 19.4 Å². The lowest BCUT2D eigenvalue weighted by atomic mass is 9.94. The summed E-state index contributed by atoms with van der Waals surface area (Å²) in [6, 6.07) is 0. The lowest BCUT2D eigenvalue weighted by Crippen LogP contribution is -2.59. The van der Waals surface area contributed by atoms with Gasteiger partial charge in [0.2, 0.25) is 6.41 Å². The summed E-state index contributed by atoms with van der Waals surface area (Å²) in [6.45, 7) is 0. The number of aliphatic carboxylic acids is 1. The molecule has 0 aromatic carbocycles. The van der Waals surface area contributed by atoms with Crippen molar-refractivity contribution in [2.45, 2.75) is 18.4 Å². The molecule has 0 bridgehead atoms. The molecule has 1 rings (SSSR count). The zero-order valence-corrected chi connectivity index (χ0v) is 9.16. The standard InChI is InChI=1S/C8H13NO5S/c1-9(6-10)8(7(11)12)3-2-4-15(13,14)5-8/h6H,2-5H2,1H3,(H,11,12). The molecule has 6 nitrogen and oxygen atoms in total. The fourth-order valence-electron chi connectivity index (χ4n) is 1.79. The van der Waals surface area contributed by atoms with Crippen LogP contribution in [0.15, 0.2) is 0 Å². The Labute approximate surface area is 87.8 Å². The molecule has 1 atom stereocenters. The molecule has 0 aromatic rings. The highest BCUT2D eigenvalue weighted by atomic mass is 32.2. The molecule has 0 spiro atoms. The van der Waals surface area contributed by atoms with Crippen LogP contribution in [0.5, 0.6) is 0 Å². The molecule has 1 saturated heterocycles. The molecule has 0 aromatic heterocycles. The molecule has 1 amide bonds. The van der Waals surface area contributed by atoms with Crippen molar-refractivity contribution in [1.29, 1.82) is 0 Å². The van der Waals surface area contributed by atoms with Crippen LogP contribution in [0.2, 0.25) is 0 Å². The molecular weight excluding hydrogens is 222 g/mol. The monoisotopic (exact) mass is 235 g/mol. The summed E-state index contributed by atoms with van der Waals surface area (Å²) in [6.07, 6.45) is 0.804. The minimum Gasteiger partial charge on any atom is -0.479 e. The van der Waals surface area contributed by atoms with Crippen molar-refractivity contribution in [2.75, 3.05) is 18.6 Å². The summed E-state index contributed by atoms with van der Waals surface area (Å²) < 4.78 is 22.8. The topological polar surface area (TPSA) is 91.8 Å². The maximum atomic E-state index is 11.4. The Morgan fingerprint density at radius 1 is 1.53 bits per heavy atom. The highest BCUT2D eigenvalue weighted by molar-refractivity contribution is 7.91. The summed E-state index contributed by atoms with van der Waals surface area (Å²) in [5, 5.41) is 9.06. The van der Waals surface area contributed by atoms with E-state index in [1.807, 2.05) is 0 Å². The lowest BCUT2D eigenvalue weighted by molar-refractivity contribution is -0.153. The van der Waals surface area contributed by atoms with E-state index in [-0.39, 0.29) is 18.6 Å². The molecule has 86 valence electrons. The van der Waals surface area contributed by atoms with E-state index in [1.165, 1.54) is 7.05 Å². The van der Waals surface area contributed by atoms with Gasteiger partial charge >= 0.3 is 5.97 Å². The molecule has 1 fully saturated rings. The third-order valence-electron chi connectivity index (χ3n) is 2.74. The van der Waals surface area contributed by atoms with Crippen molar-refractivity contribution >= 4 is 22.2 Å². The number of carbonyl (C=O) groups excluding carboxylic acids is 1. The number of amides is 1. The first-order chi connectivity index (χ1) is 6.84. The number of likely N-dealkylation sites (N-methyl/N-ethyl adjacent to an activating group) is 1. The Morgan fingerprint density at radius 3 is 2.53 bits per heavy atom. The van der Waals surface area contributed by atoms with Gasteiger partial charge in [0.1, 0.15) is 0 Å². The summed E-state index contributed by atoms with van der Waals surface area (Å²) in [4.78, 5) is 22.6. The van der Waals surface area contributed by atoms with Gasteiger partial charge in [-0.05, 0) is 12.8 Å². The zero-order valence-electron chi connectivity index (χ0n) is 8.34. The third-order valence-corrected chi connectivity index (χ3v) is 4.56. The second kappa shape index (κ2) is 3.80. The van der Waals surface area contributed by atoms with Gasteiger partial charge in [0.25, 0.3) is 0 Å². The molecular formula is C8H13NO5S. The number of rotatable bonds is 3. The second-order valence-corrected chi connectivity index (χ2v) is 5.93. The molecule has 1 heterocycles. The van der Waals surface area contributed by atoms with Crippen LogP contribution in [-0.4, -0.2) is 54.9 Å². The highest BCUT2D eigenvalue weighted by Crippen LogP contribution is 2.27. The van der Waals surface area contributed by atoms with E-state index in [4.69, 9.17) is 5.11 Å². The quantitative estimate of drug-likeness (QED) is 0.640. The maximum Gasteiger partial charge on any atom is 0.330 e.